The van der Waals surface area contributed by atoms with Gasteiger partial charge in [-0.2, -0.15) is 10.4 Å². The van der Waals surface area contributed by atoms with Gasteiger partial charge in [0.25, 0.3) is 5.91 Å². The molecule has 1 aromatic carbocycles. The molecule has 1 aliphatic rings. The molecule has 0 aromatic heterocycles. The van der Waals surface area contributed by atoms with Crippen molar-refractivity contribution in [3.05, 3.63) is 35.9 Å². The van der Waals surface area contributed by atoms with Gasteiger partial charge in [-0.05, 0) is 19.4 Å². The molecule has 0 radical (unpaired) electrons. The van der Waals surface area contributed by atoms with E-state index in [1.165, 1.54) is 5.01 Å². The van der Waals surface area contributed by atoms with E-state index >= 15 is 0 Å². The quantitative estimate of drug-likeness (QED) is 0.798. The minimum Gasteiger partial charge on any atom is -0.271 e. The zero-order valence-electron chi connectivity index (χ0n) is 10.5. The summed E-state index contributed by atoms with van der Waals surface area (Å²) in [5, 5.41) is 14.6. The Morgan fingerprint density at radius 2 is 2.11 bits per heavy atom. The van der Waals surface area contributed by atoms with E-state index in [4.69, 9.17) is 5.26 Å². The van der Waals surface area contributed by atoms with Gasteiger partial charge in [-0.25, -0.2) is 5.01 Å². The number of amides is 1. The van der Waals surface area contributed by atoms with E-state index in [0.29, 0.717) is 6.42 Å². The van der Waals surface area contributed by atoms with Crippen LogP contribution >= 0.6 is 0 Å². The molecular formula is C14H15N3O. The first-order valence-electron chi connectivity index (χ1n) is 5.88. The second-order valence-electron chi connectivity index (χ2n) is 4.85. The molecular weight excluding hydrogens is 226 g/mol. The Balaban J connectivity index is 2.26. The average molecular weight is 241 g/mol. The summed E-state index contributed by atoms with van der Waals surface area (Å²) in [7, 11) is 0. The monoisotopic (exact) mass is 241 g/mol. The number of nitriles is 1. The third kappa shape index (κ3) is 2.12. The Labute approximate surface area is 107 Å². The van der Waals surface area contributed by atoms with Crippen molar-refractivity contribution < 1.29 is 4.79 Å². The highest BCUT2D eigenvalue weighted by molar-refractivity contribution is 5.86. The van der Waals surface area contributed by atoms with Crippen molar-refractivity contribution in [3.63, 3.8) is 0 Å². The summed E-state index contributed by atoms with van der Waals surface area (Å²) in [5.74, 6) is -0.257. The van der Waals surface area contributed by atoms with Gasteiger partial charge >= 0.3 is 0 Å². The summed E-state index contributed by atoms with van der Waals surface area (Å²) < 4.78 is 0. The van der Waals surface area contributed by atoms with E-state index in [1.807, 2.05) is 36.4 Å². The van der Waals surface area contributed by atoms with Crippen LogP contribution in [0.3, 0.4) is 0 Å². The van der Waals surface area contributed by atoms with Crippen molar-refractivity contribution in [3.8, 4) is 6.07 Å². The molecule has 1 atom stereocenters. The van der Waals surface area contributed by atoms with Crippen molar-refractivity contribution in [2.24, 2.45) is 10.5 Å². The van der Waals surface area contributed by atoms with Crippen LogP contribution in [0, 0.1) is 16.7 Å². The molecule has 0 spiro atoms. The molecule has 1 unspecified atom stereocenters. The number of carbonyl (C=O) groups excluding carboxylic acids is 1. The van der Waals surface area contributed by atoms with E-state index in [1.54, 1.807) is 20.1 Å². The van der Waals surface area contributed by atoms with Gasteiger partial charge in [-0.15, -0.1) is 0 Å². The Morgan fingerprint density at radius 1 is 1.44 bits per heavy atom. The number of hydrogen-bond acceptors (Lipinski definition) is 3. The summed E-state index contributed by atoms with van der Waals surface area (Å²) in [6, 6.07) is 11.7. The van der Waals surface area contributed by atoms with Gasteiger partial charge < -0.3 is 0 Å². The maximum Gasteiger partial charge on any atom is 0.263 e. The molecule has 1 heterocycles. The summed E-state index contributed by atoms with van der Waals surface area (Å²) in [4.78, 5) is 12.3. The van der Waals surface area contributed by atoms with Gasteiger partial charge in [0.15, 0.2) is 0 Å². The molecule has 2 rings (SSSR count). The van der Waals surface area contributed by atoms with Gasteiger partial charge in [0.05, 0.1) is 12.1 Å². The first-order chi connectivity index (χ1) is 8.56. The highest BCUT2D eigenvalue weighted by Gasteiger charge is 2.37. The Bertz CT molecular complexity index is 514. The number of carbonyl (C=O) groups is 1. The van der Waals surface area contributed by atoms with E-state index < -0.39 is 5.41 Å². The molecule has 0 saturated heterocycles. The SMILES string of the molecule is CC(C)(C#N)C(=O)N1N=CCC1c1ccccc1. The van der Waals surface area contributed by atoms with Crippen LogP contribution in [0.2, 0.25) is 0 Å². The van der Waals surface area contributed by atoms with Gasteiger partial charge in [0.2, 0.25) is 0 Å². The standard InChI is InChI=1S/C14H15N3O/c1-14(2,10-15)13(18)17-12(8-9-16-17)11-6-4-3-5-7-11/h3-7,9,12H,8H2,1-2H3. The molecule has 4 nitrogen and oxygen atoms in total. The predicted octanol–water partition coefficient (Wildman–Crippen LogP) is 2.50. The van der Waals surface area contributed by atoms with Gasteiger partial charge in [0.1, 0.15) is 5.41 Å². The van der Waals surface area contributed by atoms with Crippen LogP contribution in [-0.4, -0.2) is 17.1 Å². The molecule has 1 amide bonds. The second-order valence-corrected chi connectivity index (χ2v) is 4.85. The second kappa shape index (κ2) is 4.61. The molecule has 1 aliphatic heterocycles. The largest absolute Gasteiger partial charge is 0.271 e. The van der Waals surface area contributed by atoms with Crippen LogP contribution in [-0.2, 0) is 4.79 Å². The molecule has 18 heavy (non-hydrogen) atoms. The Kier molecular flexibility index (Phi) is 3.15. The van der Waals surface area contributed by atoms with Gasteiger partial charge in [0, 0.05) is 12.6 Å². The fraction of sp³-hybridized carbons (Fsp3) is 0.357. The Morgan fingerprint density at radius 3 is 2.72 bits per heavy atom. The third-order valence-electron chi connectivity index (χ3n) is 3.04. The van der Waals surface area contributed by atoms with Crippen molar-refractivity contribution in [2.75, 3.05) is 0 Å². The minimum absolute atomic E-state index is 0.0914. The number of hydrazone groups is 1. The zero-order valence-corrected chi connectivity index (χ0v) is 10.5. The van der Waals surface area contributed by atoms with E-state index in [-0.39, 0.29) is 11.9 Å². The maximum absolute atomic E-state index is 12.3. The fourth-order valence-corrected chi connectivity index (χ4v) is 1.90. The summed E-state index contributed by atoms with van der Waals surface area (Å²) in [6.45, 7) is 3.23. The third-order valence-corrected chi connectivity index (χ3v) is 3.04. The highest BCUT2D eigenvalue weighted by atomic mass is 16.2. The van der Waals surface area contributed by atoms with Crippen LogP contribution in [0.5, 0.6) is 0 Å². The maximum atomic E-state index is 12.3. The number of hydrogen-bond donors (Lipinski definition) is 0. The lowest BCUT2D eigenvalue weighted by Crippen LogP contribution is -2.37. The molecule has 0 bridgehead atoms. The summed E-state index contributed by atoms with van der Waals surface area (Å²) in [5.41, 5.74) is -0.00794. The first-order valence-corrected chi connectivity index (χ1v) is 5.88. The van der Waals surface area contributed by atoms with E-state index in [9.17, 15) is 4.79 Å². The minimum atomic E-state index is -1.05. The van der Waals surface area contributed by atoms with Crippen LogP contribution < -0.4 is 0 Å². The summed E-state index contributed by atoms with van der Waals surface area (Å²) in [6.07, 6.45) is 2.42. The molecule has 0 aliphatic carbocycles. The van der Waals surface area contributed by atoms with Gasteiger partial charge in [-0.3, -0.25) is 4.79 Å². The first kappa shape index (κ1) is 12.3. The van der Waals surface area contributed by atoms with Crippen LogP contribution in [0.4, 0.5) is 0 Å². The molecule has 0 saturated carbocycles. The lowest BCUT2D eigenvalue weighted by atomic mass is 9.93. The smallest absolute Gasteiger partial charge is 0.263 e. The fourth-order valence-electron chi connectivity index (χ4n) is 1.90. The lowest BCUT2D eigenvalue weighted by molar-refractivity contribution is -0.139. The summed E-state index contributed by atoms with van der Waals surface area (Å²) >= 11 is 0. The highest BCUT2D eigenvalue weighted by Crippen LogP contribution is 2.31. The van der Waals surface area contributed by atoms with Crippen molar-refractivity contribution in [2.45, 2.75) is 26.3 Å². The van der Waals surface area contributed by atoms with E-state index in [0.717, 1.165) is 5.56 Å². The predicted molar refractivity (Wildman–Crippen MR) is 68.5 cm³/mol. The zero-order chi connectivity index (χ0) is 13.2. The van der Waals surface area contributed by atoms with E-state index in [2.05, 4.69) is 5.10 Å². The van der Waals surface area contributed by atoms with Crippen molar-refractivity contribution in [1.29, 1.82) is 5.26 Å². The number of benzene rings is 1. The number of nitrogens with zero attached hydrogens (tertiary/aromatic N) is 3. The lowest BCUT2D eigenvalue weighted by Gasteiger charge is -2.26. The molecule has 1 aromatic rings. The average Bonchev–Trinajstić information content (AvgIpc) is 2.87. The Hall–Kier alpha value is -2.15. The van der Waals surface area contributed by atoms with Crippen LogP contribution in [0.15, 0.2) is 35.4 Å². The molecule has 4 heteroatoms. The normalized spacial score (nSPS) is 18.7. The number of rotatable bonds is 2. The van der Waals surface area contributed by atoms with Crippen LogP contribution in [0.1, 0.15) is 31.9 Å². The van der Waals surface area contributed by atoms with Gasteiger partial charge in [-0.1, -0.05) is 30.3 Å². The van der Waals surface area contributed by atoms with Crippen molar-refractivity contribution in [1.82, 2.24) is 5.01 Å². The molecule has 0 fully saturated rings. The van der Waals surface area contributed by atoms with Crippen LogP contribution in [0.25, 0.3) is 0 Å². The molecule has 0 N–H and O–H groups in total. The van der Waals surface area contributed by atoms with Crippen molar-refractivity contribution >= 4 is 12.1 Å². The topological polar surface area (TPSA) is 56.5 Å². The molecule has 92 valence electrons.